The van der Waals surface area contributed by atoms with Crippen molar-refractivity contribution in [2.24, 2.45) is 0 Å². The fourth-order valence-corrected chi connectivity index (χ4v) is 2.67. The molecule has 1 fully saturated rings. The van der Waals surface area contributed by atoms with Crippen LogP contribution in [0.25, 0.3) is 11.1 Å². The summed E-state index contributed by atoms with van der Waals surface area (Å²) in [5.41, 5.74) is 2.18. The smallest absolute Gasteiger partial charge is 0.225 e. The first-order chi connectivity index (χ1) is 9.38. The van der Waals surface area contributed by atoms with Gasteiger partial charge in [0.15, 0.2) is 0 Å². The predicted molar refractivity (Wildman–Crippen MR) is 76.1 cm³/mol. The number of anilines is 1. The molecular formula is C14H19N5. The second-order valence-corrected chi connectivity index (χ2v) is 4.92. The number of hydrogen-bond acceptors (Lipinski definition) is 4. The average molecular weight is 257 g/mol. The molecule has 5 heteroatoms. The Kier molecular flexibility index (Phi) is 3.46. The molecule has 2 aromatic heterocycles. The Bertz CT molecular complexity index is 505. The fourth-order valence-electron chi connectivity index (χ4n) is 2.67. The zero-order valence-corrected chi connectivity index (χ0v) is 11.1. The topological polar surface area (TPSA) is 56.8 Å². The van der Waals surface area contributed by atoms with Gasteiger partial charge in [-0.1, -0.05) is 0 Å². The molecule has 19 heavy (non-hydrogen) atoms. The van der Waals surface area contributed by atoms with Gasteiger partial charge in [-0.3, -0.25) is 0 Å². The Hall–Kier alpha value is -1.88. The van der Waals surface area contributed by atoms with Crippen LogP contribution < -0.4 is 10.2 Å². The predicted octanol–water partition coefficient (Wildman–Crippen LogP) is 1.66. The van der Waals surface area contributed by atoms with Crippen molar-refractivity contribution in [2.45, 2.75) is 18.9 Å². The van der Waals surface area contributed by atoms with E-state index >= 15 is 0 Å². The Morgan fingerprint density at radius 2 is 2.21 bits per heavy atom. The monoisotopic (exact) mass is 257 g/mol. The van der Waals surface area contributed by atoms with Crippen LogP contribution in [0.2, 0.25) is 0 Å². The van der Waals surface area contributed by atoms with E-state index in [0.717, 1.165) is 30.2 Å². The van der Waals surface area contributed by atoms with E-state index in [1.807, 2.05) is 37.9 Å². The van der Waals surface area contributed by atoms with Gasteiger partial charge >= 0.3 is 0 Å². The van der Waals surface area contributed by atoms with Crippen LogP contribution in [0.1, 0.15) is 12.8 Å². The number of likely N-dealkylation sites (N-methyl/N-ethyl adjacent to an activating group) is 1. The van der Waals surface area contributed by atoms with E-state index in [1.165, 1.54) is 12.8 Å². The van der Waals surface area contributed by atoms with Gasteiger partial charge in [0.05, 0.1) is 0 Å². The van der Waals surface area contributed by atoms with Crippen LogP contribution in [0.4, 0.5) is 5.95 Å². The molecule has 3 rings (SSSR count). The number of nitrogens with one attached hydrogen (secondary N) is 2. The number of rotatable bonds is 4. The maximum Gasteiger partial charge on any atom is 0.225 e. The number of aromatic amines is 1. The summed E-state index contributed by atoms with van der Waals surface area (Å²) in [7, 11) is 1.99. The summed E-state index contributed by atoms with van der Waals surface area (Å²) in [5, 5.41) is 3.24. The minimum absolute atomic E-state index is 0.517. The summed E-state index contributed by atoms with van der Waals surface area (Å²) in [5.74, 6) is 0.844. The maximum atomic E-state index is 4.52. The van der Waals surface area contributed by atoms with Crippen LogP contribution in [-0.4, -0.2) is 41.1 Å². The van der Waals surface area contributed by atoms with Crippen LogP contribution in [-0.2, 0) is 0 Å². The number of nitrogens with zero attached hydrogens (tertiary/aromatic N) is 3. The summed E-state index contributed by atoms with van der Waals surface area (Å²) in [6.07, 6.45) is 10.1. The van der Waals surface area contributed by atoms with Crippen LogP contribution in [0, 0.1) is 0 Å². The third kappa shape index (κ3) is 2.46. The van der Waals surface area contributed by atoms with Crippen LogP contribution in [0.3, 0.4) is 0 Å². The van der Waals surface area contributed by atoms with Crippen LogP contribution in [0.5, 0.6) is 0 Å². The molecular weight excluding hydrogens is 238 g/mol. The largest absolute Gasteiger partial charge is 0.367 e. The lowest BCUT2D eigenvalue weighted by Crippen LogP contribution is -2.37. The summed E-state index contributed by atoms with van der Waals surface area (Å²) in [6, 6.07) is 2.54. The first kappa shape index (κ1) is 12.2. The minimum atomic E-state index is 0.517. The van der Waals surface area contributed by atoms with Crippen molar-refractivity contribution in [2.75, 3.05) is 25.0 Å². The SMILES string of the molecule is CNCC1CCCN1c1ncc(-c2cc[nH]c2)cn1. The molecule has 0 amide bonds. The molecule has 0 radical (unpaired) electrons. The van der Waals surface area contributed by atoms with Gasteiger partial charge in [-0.25, -0.2) is 9.97 Å². The van der Waals surface area contributed by atoms with Crippen LogP contribution in [0.15, 0.2) is 30.9 Å². The second-order valence-electron chi connectivity index (χ2n) is 4.92. The lowest BCUT2D eigenvalue weighted by atomic mass is 10.2. The van der Waals surface area contributed by atoms with Gasteiger partial charge in [0, 0.05) is 55.0 Å². The highest BCUT2D eigenvalue weighted by atomic mass is 15.3. The summed E-state index contributed by atoms with van der Waals surface area (Å²) in [4.78, 5) is 14.4. The number of aromatic nitrogens is 3. The molecule has 0 aromatic carbocycles. The van der Waals surface area contributed by atoms with Gasteiger partial charge in [-0.15, -0.1) is 0 Å². The molecule has 2 aromatic rings. The van der Waals surface area contributed by atoms with Gasteiger partial charge in [-0.2, -0.15) is 0 Å². The first-order valence-corrected chi connectivity index (χ1v) is 6.75. The maximum absolute atomic E-state index is 4.52. The highest BCUT2D eigenvalue weighted by molar-refractivity contribution is 5.61. The van der Waals surface area contributed by atoms with Gasteiger partial charge in [0.1, 0.15) is 0 Å². The third-order valence-electron chi connectivity index (χ3n) is 3.64. The number of hydrogen-bond donors (Lipinski definition) is 2. The van der Waals surface area contributed by atoms with E-state index in [4.69, 9.17) is 0 Å². The molecule has 1 unspecified atom stereocenters. The molecule has 1 atom stereocenters. The van der Waals surface area contributed by atoms with Crippen molar-refractivity contribution in [3.8, 4) is 11.1 Å². The first-order valence-electron chi connectivity index (χ1n) is 6.75. The lowest BCUT2D eigenvalue weighted by molar-refractivity contribution is 0.607. The van der Waals surface area contributed by atoms with Crippen molar-refractivity contribution >= 4 is 5.95 Å². The Balaban J connectivity index is 1.79. The third-order valence-corrected chi connectivity index (χ3v) is 3.64. The van der Waals surface area contributed by atoms with Crippen molar-refractivity contribution in [1.82, 2.24) is 20.3 Å². The second kappa shape index (κ2) is 5.40. The quantitative estimate of drug-likeness (QED) is 0.874. The Morgan fingerprint density at radius 3 is 2.89 bits per heavy atom. The van der Waals surface area contributed by atoms with E-state index in [9.17, 15) is 0 Å². The normalized spacial score (nSPS) is 19.0. The molecule has 0 bridgehead atoms. The molecule has 1 aliphatic heterocycles. The average Bonchev–Trinajstić information content (AvgIpc) is 3.10. The van der Waals surface area contributed by atoms with E-state index in [2.05, 4.69) is 25.2 Å². The zero-order valence-electron chi connectivity index (χ0n) is 11.1. The molecule has 0 saturated carbocycles. The number of H-pyrrole nitrogens is 1. The molecule has 1 saturated heterocycles. The van der Waals surface area contributed by atoms with Crippen molar-refractivity contribution < 1.29 is 0 Å². The van der Waals surface area contributed by atoms with Gasteiger partial charge in [0.2, 0.25) is 5.95 Å². The van der Waals surface area contributed by atoms with E-state index in [0.29, 0.717) is 6.04 Å². The summed E-state index contributed by atoms with van der Waals surface area (Å²) < 4.78 is 0. The lowest BCUT2D eigenvalue weighted by Gasteiger charge is -2.24. The van der Waals surface area contributed by atoms with Gasteiger partial charge in [-0.05, 0) is 26.0 Å². The summed E-state index contributed by atoms with van der Waals surface area (Å²) >= 11 is 0. The highest BCUT2D eigenvalue weighted by Crippen LogP contribution is 2.23. The summed E-state index contributed by atoms with van der Waals surface area (Å²) in [6.45, 7) is 2.04. The molecule has 2 N–H and O–H groups in total. The molecule has 5 nitrogen and oxygen atoms in total. The minimum Gasteiger partial charge on any atom is -0.367 e. The molecule has 0 aliphatic carbocycles. The standard InChI is InChI=1S/C14H19N5/c1-15-10-13-3-2-6-19(13)14-17-8-12(9-18-14)11-4-5-16-7-11/h4-5,7-9,13,15-16H,2-3,6,10H2,1H3. The van der Waals surface area contributed by atoms with E-state index in [1.54, 1.807) is 0 Å². The highest BCUT2D eigenvalue weighted by Gasteiger charge is 2.25. The van der Waals surface area contributed by atoms with Gasteiger partial charge < -0.3 is 15.2 Å². The van der Waals surface area contributed by atoms with Crippen molar-refractivity contribution in [3.05, 3.63) is 30.9 Å². The Labute approximate surface area is 113 Å². The van der Waals surface area contributed by atoms with Crippen molar-refractivity contribution in [1.29, 1.82) is 0 Å². The molecule has 3 heterocycles. The van der Waals surface area contributed by atoms with Gasteiger partial charge in [0.25, 0.3) is 0 Å². The Morgan fingerprint density at radius 1 is 1.37 bits per heavy atom. The molecule has 0 spiro atoms. The zero-order chi connectivity index (χ0) is 13.1. The van der Waals surface area contributed by atoms with E-state index in [-0.39, 0.29) is 0 Å². The molecule has 100 valence electrons. The van der Waals surface area contributed by atoms with Crippen molar-refractivity contribution in [3.63, 3.8) is 0 Å². The van der Waals surface area contributed by atoms with E-state index < -0.39 is 0 Å². The van der Waals surface area contributed by atoms with Crippen LogP contribution >= 0.6 is 0 Å². The fraction of sp³-hybridized carbons (Fsp3) is 0.429. The molecule has 1 aliphatic rings.